The molecule has 208 valence electrons. The van der Waals surface area contributed by atoms with Crippen LogP contribution in [0.5, 0.6) is 0 Å². The average molecular weight is 528 g/mol. The van der Waals surface area contributed by atoms with E-state index in [1.54, 1.807) is 0 Å². The van der Waals surface area contributed by atoms with Crippen molar-refractivity contribution in [3.63, 3.8) is 0 Å². The number of amides is 2. The van der Waals surface area contributed by atoms with Crippen molar-refractivity contribution >= 4 is 11.8 Å². The lowest BCUT2D eigenvalue weighted by molar-refractivity contribution is -0.134. The summed E-state index contributed by atoms with van der Waals surface area (Å²) < 4.78 is 0. The molecule has 0 radical (unpaired) electrons. The summed E-state index contributed by atoms with van der Waals surface area (Å²) in [6.45, 7) is 14.3. The van der Waals surface area contributed by atoms with E-state index in [2.05, 4.69) is 54.0 Å². The Kier molecular flexibility index (Phi) is 8.27. The highest BCUT2D eigenvalue weighted by molar-refractivity contribution is 5.87. The number of piperazine rings is 1. The predicted octanol–water partition coefficient (Wildman–Crippen LogP) is 5.44. The second-order valence-corrected chi connectivity index (χ2v) is 12.7. The molecule has 1 heterocycles. The number of carbonyl (C=O) groups is 2. The summed E-state index contributed by atoms with van der Waals surface area (Å²) in [4.78, 5) is 33.5. The van der Waals surface area contributed by atoms with E-state index in [4.69, 9.17) is 0 Å². The summed E-state index contributed by atoms with van der Waals surface area (Å²) in [6, 6.07) is 20.2. The Hall–Kier alpha value is -2.92. The molecule has 2 unspecified atom stereocenters. The minimum Gasteiger partial charge on any atom is -0.339 e. The molecule has 5 nitrogen and oxygen atoms in total. The standard InChI is InChI=1S/C34H45N3O2/c1-25(2)32(38)37(24-28-15-16-29-23-30(28)34(29,3)4)22-19-35-17-20-36(21-18-35)33(39)31(26-11-7-5-8-12-26)27-13-9-6-10-14-27/h5-15,25,29-31H,16-24H2,1-4H3. The van der Waals surface area contributed by atoms with E-state index >= 15 is 0 Å². The van der Waals surface area contributed by atoms with E-state index in [0.717, 1.165) is 69.3 Å². The molecule has 2 aromatic carbocycles. The highest BCUT2D eigenvalue weighted by atomic mass is 16.2. The number of hydrogen-bond donors (Lipinski definition) is 0. The lowest BCUT2D eigenvalue weighted by Crippen LogP contribution is -2.53. The minimum absolute atomic E-state index is 0.00119. The zero-order valence-corrected chi connectivity index (χ0v) is 24.2. The number of carbonyl (C=O) groups excluding carboxylic acids is 2. The minimum atomic E-state index is -0.280. The Morgan fingerprint density at radius 2 is 1.51 bits per heavy atom. The molecule has 6 rings (SSSR count). The van der Waals surface area contributed by atoms with Crippen LogP contribution in [0, 0.1) is 23.2 Å². The van der Waals surface area contributed by atoms with Gasteiger partial charge in [0, 0.05) is 51.7 Å². The zero-order valence-electron chi connectivity index (χ0n) is 24.2. The van der Waals surface area contributed by atoms with Crippen LogP contribution in [-0.4, -0.2) is 72.3 Å². The average Bonchev–Trinajstić information content (AvgIpc) is 2.96. The van der Waals surface area contributed by atoms with Crippen LogP contribution in [-0.2, 0) is 9.59 Å². The first-order valence-corrected chi connectivity index (χ1v) is 14.8. The molecule has 2 atom stereocenters. The first kappa shape index (κ1) is 27.6. The van der Waals surface area contributed by atoms with Gasteiger partial charge in [-0.2, -0.15) is 0 Å². The van der Waals surface area contributed by atoms with E-state index in [1.165, 1.54) is 12.0 Å². The molecule has 0 spiro atoms. The lowest BCUT2D eigenvalue weighted by Gasteiger charge is -2.57. The van der Waals surface area contributed by atoms with E-state index in [-0.39, 0.29) is 23.7 Å². The van der Waals surface area contributed by atoms with Gasteiger partial charge >= 0.3 is 0 Å². The third kappa shape index (κ3) is 5.84. The zero-order chi connectivity index (χ0) is 27.6. The van der Waals surface area contributed by atoms with Gasteiger partial charge in [-0.25, -0.2) is 0 Å². The van der Waals surface area contributed by atoms with Crippen LogP contribution in [0.15, 0.2) is 72.3 Å². The van der Waals surface area contributed by atoms with Gasteiger partial charge in [-0.1, -0.05) is 100 Å². The van der Waals surface area contributed by atoms with E-state index in [9.17, 15) is 9.59 Å². The Bertz CT molecular complexity index is 1130. The van der Waals surface area contributed by atoms with E-state index in [1.807, 2.05) is 55.1 Å². The second kappa shape index (κ2) is 11.7. The number of hydrogen-bond acceptors (Lipinski definition) is 3. The third-order valence-corrected chi connectivity index (χ3v) is 9.64. The molecule has 1 aliphatic heterocycles. The third-order valence-electron chi connectivity index (χ3n) is 9.64. The van der Waals surface area contributed by atoms with Gasteiger partial charge in [-0.3, -0.25) is 14.5 Å². The van der Waals surface area contributed by atoms with Gasteiger partial charge in [0.1, 0.15) is 0 Å². The Labute approximate surface area is 234 Å². The maximum atomic E-state index is 13.8. The van der Waals surface area contributed by atoms with Gasteiger partial charge in [0.05, 0.1) is 5.92 Å². The summed E-state index contributed by atoms with van der Waals surface area (Å²) in [6.07, 6.45) is 4.86. The van der Waals surface area contributed by atoms with Gasteiger partial charge < -0.3 is 9.80 Å². The monoisotopic (exact) mass is 527 g/mol. The molecule has 0 aromatic heterocycles. The van der Waals surface area contributed by atoms with Crippen LogP contribution in [0.1, 0.15) is 57.6 Å². The summed E-state index contributed by atoms with van der Waals surface area (Å²) in [7, 11) is 0. The lowest BCUT2D eigenvalue weighted by atomic mass is 9.49. The Morgan fingerprint density at radius 1 is 0.923 bits per heavy atom. The quantitative estimate of drug-likeness (QED) is 0.408. The topological polar surface area (TPSA) is 43.9 Å². The fraction of sp³-hybridized carbons (Fsp3) is 0.529. The van der Waals surface area contributed by atoms with Gasteiger partial charge in [-0.15, -0.1) is 0 Å². The Balaban J connectivity index is 1.19. The smallest absolute Gasteiger partial charge is 0.234 e. The maximum Gasteiger partial charge on any atom is 0.234 e. The summed E-state index contributed by atoms with van der Waals surface area (Å²) in [5.74, 6) is 1.57. The van der Waals surface area contributed by atoms with E-state index < -0.39 is 0 Å². The molecule has 0 N–H and O–H groups in total. The van der Waals surface area contributed by atoms with Crippen molar-refractivity contribution in [2.45, 2.75) is 46.5 Å². The van der Waals surface area contributed by atoms with E-state index in [0.29, 0.717) is 11.3 Å². The first-order valence-electron chi connectivity index (χ1n) is 14.8. The number of rotatable bonds is 9. The van der Waals surface area contributed by atoms with Crippen molar-refractivity contribution < 1.29 is 9.59 Å². The molecular weight excluding hydrogens is 482 g/mol. The van der Waals surface area contributed by atoms with Gasteiger partial charge in [0.15, 0.2) is 0 Å². The fourth-order valence-electron chi connectivity index (χ4n) is 6.91. The molecule has 3 aliphatic carbocycles. The Morgan fingerprint density at radius 3 is 2.03 bits per heavy atom. The number of fused-ring (bicyclic) bond motifs is 1. The SMILES string of the molecule is CC(C)C(=O)N(CCN1CCN(C(=O)C(c2ccccc2)c2ccccc2)CC1)CC1=CCC2CC1C2(C)C. The fourth-order valence-corrected chi connectivity index (χ4v) is 6.91. The highest BCUT2D eigenvalue weighted by Crippen LogP contribution is 2.59. The summed E-state index contributed by atoms with van der Waals surface area (Å²) in [5, 5.41) is 0. The second-order valence-electron chi connectivity index (χ2n) is 12.7. The molecule has 2 fully saturated rings. The van der Waals surface area contributed by atoms with Crippen molar-refractivity contribution in [1.29, 1.82) is 0 Å². The highest BCUT2D eigenvalue weighted by Gasteiger charge is 2.51. The number of nitrogens with zero attached hydrogens (tertiary/aromatic N) is 3. The van der Waals surface area contributed by atoms with Crippen LogP contribution >= 0.6 is 0 Å². The molecule has 1 saturated heterocycles. The van der Waals surface area contributed by atoms with Gasteiger partial charge in [0.2, 0.25) is 11.8 Å². The van der Waals surface area contributed by atoms with Gasteiger partial charge in [0.25, 0.3) is 0 Å². The van der Waals surface area contributed by atoms with Crippen molar-refractivity contribution in [1.82, 2.24) is 14.7 Å². The van der Waals surface area contributed by atoms with Crippen molar-refractivity contribution in [3.05, 3.63) is 83.4 Å². The molecular formula is C34H45N3O2. The molecule has 2 amide bonds. The summed E-state index contributed by atoms with van der Waals surface area (Å²) in [5.41, 5.74) is 3.92. The molecule has 2 bridgehead atoms. The van der Waals surface area contributed by atoms with Crippen LogP contribution in [0.3, 0.4) is 0 Å². The predicted molar refractivity (Wildman–Crippen MR) is 157 cm³/mol. The van der Waals surface area contributed by atoms with Crippen LogP contribution in [0.25, 0.3) is 0 Å². The molecule has 39 heavy (non-hydrogen) atoms. The molecule has 2 aromatic rings. The van der Waals surface area contributed by atoms with Crippen LogP contribution in [0.2, 0.25) is 0 Å². The first-order chi connectivity index (χ1) is 18.8. The maximum absolute atomic E-state index is 13.8. The van der Waals surface area contributed by atoms with Crippen molar-refractivity contribution in [3.8, 4) is 0 Å². The molecule has 5 heteroatoms. The van der Waals surface area contributed by atoms with Crippen LogP contribution < -0.4 is 0 Å². The largest absolute Gasteiger partial charge is 0.339 e. The normalized spacial score (nSPS) is 22.4. The van der Waals surface area contributed by atoms with Crippen LogP contribution in [0.4, 0.5) is 0 Å². The van der Waals surface area contributed by atoms with Gasteiger partial charge in [-0.05, 0) is 41.2 Å². The molecule has 4 aliphatic rings. The van der Waals surface area contributed by atoms with Crippen molar-refractivity contribution in [2.75, 3.05) is 45.8 Å². The summed E-state index contributed by atoms with van der Waals surface area (Å²) >= 11 is 0. The number of benzene rings is 2. The van der Waals surface area contributed by atoms with Crippen molar-refractivity contribution in [2.24, 2.45) is 23.2 Å². The molecule has 1 saturated carbocycles. The number of allylic oxidation sites excluding steroid dienone is 1.